The van der Waals surface area contributed by atoms with E-state index in [1.54, 1.807) is 0 Å². The van der Waals surface area contributed by atoms with Crippen LogP contribution in [0.3, 0.4) is 0 Å². The summed E-state index contributed by atoms with van der Waals surface area (Å²) in [4.78, 5) is 0. The summed E-state index contributed by atoms with van der Waals surface area (Å²) in [5, 5.41) is 0. The Morgan fingerprint density at radius 1 is 0.117 bits per heavy atom. The van der Waals surface area contributed by atoms with E-state index in [4.69, 9.17) is 0 Å². The molecule has 103 heavy (non-hydrogen) atoms. The van der Waals surface area contributed by atoms with Gasteiger partial charge < -0.3 is 0 Å². The van der Waals surface area contributed by atoms with Crippen molar-refractivity contribution in [3.05, 3.63) is 0 Å². The molecular formula is C39H18F63P. The van der Waals surface area contributed by atoms with Crippen LogP contribution in [-0.2, 0) is 0 Å². The first-order chi connectivity index (χ1) is 43.5. The number of rotatable bonds is 36. The standard InChI is InChI=1S/C39H18F63P/c40-10(41,13(46,47)16(52,53)19(58,59)22(64,65)25(70,71)28(76,77)31(82,83)34(88,89)37(94,95)96)4-1-7-103(8-2-5-11(42,43)14(48,49)17(54,55)20(60,61)23(66,67)26(72,73)29(78,79)32(84,85)35(90,91)38(97,98)99)9-3-6-12(44,45)15(50,51)18(56,57)21(62,63)24(68,69)27(74,75)30(80,81)33(86,87)36(92,93)39(100,101)102/h1-9H2. The van der Waals surface area contributed by atoms with Crippen molar-refractivity contribution in [3.63, 3.8) is 0 Å². The third-order valence-corrected chi connectivity index (χ3v) is 16.5. The van der Waals surface area contributed by atoms with E-state index in [2.05, 4.69) is 0 Å². The van der Waals surface area contributed by atoms with Crippen LogP contribution in [-0.4, -0.2) is 197 Å². The maximum atomic E-state index is 14.7. The van der Waals surface area contributed by atoms with Gasteiger partial charge in [0.25, 0.3) is 0 Å². The van der Waals surface area contributed by atoms with E-state index in [0.29, 0.717) is 0 Å². The van der Waals surface area contributed by atoms with Gasteiger partial charge in [0.1, 0.15) is 0 Å². The SMILES string of the molecule is FC(F)(F)C(F)(F)C(F)(F)C(F)(F)C(F)(F)C(F)(F)C(F)(F)C(F)(F)C(F)(F)C(F)(F)CCCP(CCCC(F)(F)C(F)(F)C(F)(F)C(F)(F)C(F)(F)C(F)(F)C(F)(F)C(F)(F)C(F)(F)C(F)(F)F)CCCC(F)(F)C(F)(F)C(F)(F)C(F)(F)C(F)(F)C(F)(F)C(F)(F)C(F)(F)C(F)(F)C(F)(F)F. The zero-order valence-electron chi connectivity index (χ0n) is 45.6. The fraction of sp³-hybridized carbons (Fsp3) is 1.00. The van der Waals surface area contributed by atoms with Gasteiger partial charge >= 0.3 is 178 Å². The molecule has 0 aromatic heterocycles. The van der Waals surface area contributed by atoms with Crippen molar-refractivity contribution in [2.45, 2.75) is 217 Å². The average molecular weight is 1710 g/mol. The van der Waals surface area contributed by atoms with Crippen LogP contribution in [0.5, 0.6) is 0 Å². The lowest BCUT2D eigenvalue weighted by molar-refractivity contribution is -0.474. The molecule has 0 N–H and O–H groups in total. The highest BCUT2D eigenvalue weighted by Gasteiger charge is 3.02. The molecule has 0 aliphatic heterocycles. The molecule has 620 valence electrons. The van der Waals surface area contributed by atoms with E-state index in [-0.39, 0.29) is 0 Å². The monoisotopic (exact) mass is 1710 g/mol. The Morgan fingerprint density at radius 3 is 0.301 bits per heavy atom. The zero-order chi connectivity index (χ0) is 84.9. The Hall–Kier alpha value is -3.98. The first-order valence-corrected chi connectivity index (χ1v) is 25.6. The van der Waals surface area contributed by atoms with Crippen molar-refractivity contribution in [1.29, 1.82) is 0 Å². The van der Waals surface area contributed by atoms with Crippen molar-refractivity contribution in [1.82, 2.24) is 0 Å². The molecule has 0 saturated heterocycles. The average Bonchev–Trinajstić information content (AvgIpc) is 0.696. The Kier molecular flexibility index (Phi) is 25.1. The van der Waals surface area contributed by atoms with Crippen molar-refractivity contribution in [3.8, 4) is 0 Å². The molecule has 0 aromatic carbocycles. The van der Waals surface area contributed by atoms with Crippen LogP contribution in [0, 0.1) is 0 Å². The van der Waals surface area contributed by atoms with Gasteiger partial charge in [-0.15, -0.1) is 7.92 Å². The van der Waals surface area contributed by atoms with Crippen LogP contribution >= 0.6 is 7.92 Å². The Morgan fingerprint density at radius 2 is 0.204 bits per heavy atom. The molecule has 0 saturated carbocycles. The summed E-state index contributed by atoms with van der Waals surface area (Å²) in [6, 6.07) is 0. The highest BCUT2D eigenvalue weighted by Crippen LogP contribution is 2.72. The number of hydrogen-bond donors (Lipinski definition) is 0. The van der Waals surface area contributed by atoms with Gasteiger partial charge in [0.2, 0.25) is 0 Å². The Labute approximate surface area is 521 Å². The predicted octanol–water partition coefficient (Wildman–Crippen LogP) is 23.6. The molecule has 0 rings (SSSR count). The van der Waals surface area contributed by atoms with Gasteiger partial charge in [-0.25, -0.2) is 0 Å². The van der Waals surface area contributed by atoms with Crippen LogP contribution in [0.25, 0.3) is 0 Å². The minimum absolute atomic E-state index is 2.76. The molecule has 0 bridgehead atoms. The van der Waals surface area contributed by atoms with E-state index in [9.17, 15) is 277 Å². The molecule has 0 radical (unpaired) electrons. The molecule has 0 unspecified atom stereocenters. The lowest BCUT2D eigenvalue weighted by Gasteiger charge is -2.44. The highest BCUT2D eigenvalue weighted by atomic mass is 31.1. The molecular weight excluding hydrogens is 1700 g/mol. The molecule has 0 heterocycles. The summed E-state index contributed by atoms with van der Waals surface area (Å²) >= 11 is 0. The smallest absolute Gasteiger partial charge is 0.200 e. The van der Waals surface area contributed by atoms with Gasteiger partial charge in [-0.2, -0.15) is 277 Å². The van der Waals surface area contributed by atoms with E-state index in [1.807, 2.05) is 0 Å². The molecule has 0 spiro atoms. The van der Waals surface area contributed by atoms with Crippen molar-refractivity contribution in [2.24, 2.45) is 0 Å². The van der Waals surface area contributed by atoms with Crippen LogP contribution < -0.4 is 0 Å². The fourth-order valence-electron chi connectivity index (χ4n) is 7.15. The molecule has 0 aliphatic rings. The van der Waals surface area contributed by atoms with E-state index < -0.39 is 243 Å². The third-order valence-electron chi connectivity index (χ3n) is 13.6. The van der Waals surface area contributed by atoms with Gasteiger partial charge in [-0.3, -0.25) is 0 Å². The minimum atomic E-state index is -9.96. The molecule has 0 aromatic rings. The number of halogens is 63. The lowest BCUT2D eigenvalue weighted by Crippen LogP contribution is -2.76. The van der Waals surface area contributed by atoms with Gasteiger partial charge in [0.15, 0.2) is 0 Å². The normalized spacial score (nSPS) is 17.1. The van der Waals surface area contributed by atoms with Crippen LogP contribution in [0.1, 0.15) is 38.5 Å². The van der Waals surface area contributed by atoms with Gasteiger partial charge in [0.05, 0.1) is 0 Å². The Bertz CT molecular complexity index is 2580. The second-order valence-electron chi connectivity index (χ2n) is 20.5. The third kappa shape index (κ3) is 13.4. The van der Waals surface area contributed by atoms with Crippen molar-refractivity contribution in [2.75, 3.05) is 18.5 Å². The minimum Gasteiger partial charge on any atom is -0.200 e. The molecule has 0 amide bonds. The first kappa shape index (κ1) is 99.0. The van der Waals surface area contributed by atoms with Gasteiger partial charge in [-0.1, -0.05) is 0 Å². The second-order valence-corrected chi connectivity index (χ2v) is 23.2. The first-order valence-electron chi connectivity index (χ1n) is 23.7. The largest absolute Gasteiger partial charge is 0.460 e. The van der Waals surface area contributed by atoms with E-state index >= 15 is 0 Å². The maximum absolute atomic E-state index is 14.7. The molecule has 0 atom stereocenters. The summed E-state index contributed by atoms with van der Waals surface area (Å²) in [6.45, 7) is 0. The lowest BCUT2D eigenvalue weighted by atomic mass is 9.85. The molecule has 0 fully saturated rings. The molecule has 64 heteroatoms. The van der Waals surface area contributed by atoms with Crippen LogP contribution in [0.15, 0.2) is 0 Å². The molecule has 0 nitrogen and oxygen atoms in total. The highest BCUT2D eigenvalue weighted by molar-refractivity contribution is 7.57. The maximum Gasteiger partial charge on any atom is 0.460 e. The summed E-state index contributed by atoms with van der Waals surface area (Å²) in [5.41, 5.74) is 0. The Balaban J connectivity index is 8.16. The summed E-state index contributed by atoms with van der Waals surface area (Å²) in [6.07, 6.45) is -55.5. The van der Waals surface area contributed by atoms with E-state index in [0.717, 1.165) is 0 Å². The topological polar surface area (TPSA) is 0 Å². The van der Waals surface area contributed by atoms with Gasteiger partial charge in [-0.05, 0) is 37.7 Å². The summed E-state index contributed by atoms with van der Waals surface area (Å²) in [5.74, 6) is -254. The fourth-order valence-corrected chi connectivity index (χ4v) is 9.64. The number of hydrogen-bond acceptors (Lipinski definition) is 0. The van der Waals surface area contributed by atoms with E-state index in [1.165, 1.54) is 0 Å². The predicted molar refractivity (Wildman–Crippen MR) is 201 cm³/mol. The van der Waals surface area contributed by atoms with Crippen molar-refractivity contribution < 1.29 is 277 Å². The summed E-state index contributed by atoms with van der Waals surface area (Å²) in [7, 11) is -4.49. The molecule has 0 aliphatic carbocycles. The van der Waals surface area contributed by atoms with Crippen LogP contribution in [0.4, 0.5) is 277 Å². The zero-order valence-corrected chi connectivity index (χ0v) is 46.5. The second kappa shape index (κ2) is 26.1. The van der Waals surface area contributed by atoms with Crippen molar-refractivity contribution >= 4 is 7.92 Å². The quantitative estimate of drug-likeness (QED) is 0.0433. The summed E-state index contributed by atoms with van der Waals surface area (Å²) < 4.78 is 870. The van der Waals surface area contributed by atoms with Gasteiger partial charge in [0, 0.05) is 19.3 Å². The number of alkyl halides is 63. The van der Waals surface area contributed by atoms with Crippen LogP contribution in [0.2, 0.25) is 0 Å².